The molecule has 0 spiro atoms. The zero-order valence-electron chi connectivity index (χ0n) is 10.7. The minimum atomic E-state index is -0.251. The number of rotatable bonds is 3. The molecule has 1 amide bonds. The Morgan fingerprint density at radius 3 is 2.75 bits per heavy atom. The molecule has 4 nitrogen and oxygen atoms in total. The Kier molecular flexibility index (Phi) is 4.74. The van der Waals surface area contributed by atoms with Gasteiger partial charge < -0.3 is 15.4 Å². The van der Waals surface area contributed by atoms with Gasteiger partial charge >= 0.3 is 0 Å². The first-order chi connectivity index (χ1) is 7.42. The van der Waals surface area contributed by atoms with Crippen molar-refractivity contribution in [3.05, 3.63) is 0 Å². The van der Waals surface area contributed by atoms with Crippen molar-refractivity contribution in [1.82, 2.24) is 4.90 Å². The Morgan fingerprint density at radius 1 is 1.50 bits per heavy atom. The minimum absolute atomic E-state index is 0.0908. The van der Waals surface area contributed by atoms with Gasteiger partial charge in [0.1, 0.15) is 6.61 Å². The lowest BCUT2D eigenvalue weighted by Crippen LogP contribution is -2.44. The number of likely N-dealkylation sites (tertiary alicyclic amines) is 1. The normalized spacial score (nSPS) is 22.2. The van der Waals surface area contributed by atoms with E-state index in [9.17, 15) is 4.79 Å². The van der Waals surface area contributed by atoms with Crippen LogP contribution >= 0.6 is 0 Å². The van der Waals surface area contributed by atoms with Crippen molar-refractivity contribution in [2.24, 2.45) is 11.7 Å². The Bertz CT molecular complexity index is 236. The number of ether oxygens (including phenoxy) is 1. The lowest BCUT2D eigenvalue weighted by molar-refractivity contribution is -0.142. The van der Waals surface area contributed by atoms with Crippen molar-refractivity contribution in [1.29, 1.82) is 0 Å². The third-order valence-electron chi connectivity index (χ3n) is 2.83. The topological polar surface area (TPSA) is 55.6 Å². The maximum Gasteiger partial charge on any atom is 0.248 e. The van der Waals surface area contributed by atoms with Gasteiger partial charge in [-0.3, -0.25) is 4.79 Å². The van der Waals surface area contributed by atoms with Gasteiger partial charge in [-0.2, -0.15) is 0 Å². The van der Waals surface area contributed by atoms with Crippen LogP contribution in [0, 0.1) is 5.92 Å². The van der Waals surface area contributed by atoms with Crippen LogP contribution in [-0.2, 0) is 9.53 Å². The number of hydrogen-bond acceptors (Lipinski definition) is 3. The summed E-state index contributed by atoms with van der Waals surface area (Å²) in [6.07, 6.45) is 2.20. The molecule has 2 N–H and O–H groups in total. The van der Waals surface area contributed by atoms with E-state index in [0.29, 0.717) is 12.5 Å². The van der Waals surface area contributed by atoms with E-state index < -0.39 is 0 Å². The highest BCUT2D eigenvalue weighted by Crippen LogP contribution is 2.16. The fourth-order valence-electron chi connectivity index (χ4n) is 1.85. The predicted molar refractivity (Wildman–Crippen MR) is 64.1 cm³/mol. The summed E-state index contributed by atoms with van der Waals surface area (Å²) >= 11 is 0. The first-order valence-electron chi connectivity index (χ1n) is 6.04. The molecule has 0 aromatic carbocycles. The second-order valence-corrected chi connectivity index (χ2v) is 5.48. The highest BCUT2D eigenvalue weighted by atomic mass is 16.5. The van der Waals surface area contributed by atoms with Gasteiger partial charge in [-0.05, 0) is 46.1 Å². The molecule has 0 aromatic rings. The second-order valence-electron chi connectivity index (χ2n) is 5.48. The molecule has 1 aliphatic rings. The zero-order chi connectivity index (χ0) is 12.2. The summed E-state index contributed by atoms with van der Waals surface area (Å²) in [5.74, 6) is 0.556. The quantitative estimate of drug-likeness (QED) is 0.784. The summed E-state index contributed by atoms with van der Waals surface area (Å²) in [4.78, 5) is 13.7. The highest BCUT2D eigenvalue weighted by Gasteiger charge is 2.23. The molecule has 1 aliphatic heterocycles. The van der Waals surface area contributed by atoms with Crippen LogP contribution in [0.2, 0.25) is 0 Å². The first-order valence-corrected chi connectivity index (χ1v) is 6.04. The summed E-state index contributed by atoms with van der Waals surface area (Å²) in [7, 11) is 0. The molecule has 1 fully saturated rings. The summed E-state index contributed by atoms with van der Waals surface area (Å²) in [5, 5.41) is 0. The standard InChI is InChI=1S/C12H24N2O2/c1-12(2,3)16-9-11(15)14-6-4-5-10(7-13)8-14/h10H,4-9,13H2,1-3H3. The summed E-state index contributed by atoms with van der Waals surface area (Å²) in [5.41, 5.74) is 5.39. The molecule has 1 heterocycles. The monoisotopic (exact) mass is 228 g/mol. The van der Waals surface area contributed by atoms with Crippen LogP contribution in [0.4, 0.5) is 0 Å². The van der Waals surface area contributed by atoms with Crippen molar-refractivity contribution in [2.45, 2.75) is 39.2 Å². The molecule has 1 unspecified atom stereocenters. The van der Waals surface area contributed by atoms with Crippen molar-refractivity contribution in [3.63, 3.8) is 0 Å². The van der Waals surface area contributed by atoms with Gasteiger partial charge in [0.2, 0.25) is 5.91 Å². The number of nitrogens with zero attached hydrogens (tertiary/aromatic N) is 1. The van der Waals surface area contributed by atoms with Gasteiger partial charge in [-0.15, -0.1) is 0 Å². The van der Waals surface area contributed by atoms with Crippen LogP contribution in [0.25, 0.3) is 0 Å². The SMILES string of the molecule is CC(C)(C)OCC(=O)N1CCCC(CN)C1. The molecular formula is C12H24N2O2. The van der Waals surface area contributed by atoms with Gasteiger partial charge in [0.25, 0.3) is 0 Å². The molecule has 1 rings (SSSR count). The molecule has 0 radical (unpaired) electrons. The largest absolute Gasteiger partial charge is 0.366 e. The van der Waals surface area contributed by atoms with E-state index in [0.717, 1.165) is 25.9 Å². The van der Waals surface area contributed by atoms with Crippen LogP contribution in [0.3, 0.4) is 0 Å². The Labute approximate surface area is 98.1 Å². The fraction of sp³-hybridized carbons (Fsp3) is 0.917. The second kappa shape index (κ2) is 5.64. The van der Waals surface area contributed by atoms with Gasteiger partial charge in [-0.1, -0.05) is 0 Å². The molecule has 0 aliphatic carbocycles. The third kappa shape index (κ3) is 4.49. The van der Waals surface area contributed by atoms with Gasteiger partial charge in [0, 0.05) is 13.1 Å². The Morgan fingerprint density at radius 2 is 2.19 bits per heavy atom. The summed E-state index contributed by atoms with van der Waals surface area (Å²) in [6.45, 7) is 8.37. The minimum Gasteiger partial charge on any atom is -0.366 e. The first kappa shape index (κ1) is 13.5. The molecule has 16 heavy (non-hydrogen) atoms. The number of amides is 1. The molecule has 4 heteroatoms. The van der Waals surface area contributed by atoms with Crippen LogP contribution in [0.1, 0.15) is 33.6 Å². The van der Waals surface area contributed by atoms with Crippen LogP contribution < -0.4 is 5.73 Å². The average molecular weight is 228 g/mol. The van der Waals surface area contributed by atoms with Crippen molar-refractivity contribution < 1.29 is 9.53 Å². The lowest BCUT2D eigenvalue weighted by Gasteiger charge is -2.32. The molecule has 0 saturated carbocycles. The number of carbonyl (C=O) groups excluding carboxylic acids is 1. The van der Waals surface area contributed by atoms with E-state index in [-0.39, 0.29) is 18.1 Å². The zero-order valence-corrected chi connectivity index (χ0v) is 10.7. The van der Waals surface area contributed by atoms with E-state index in [2.05, 4.69) is 0 Å². The third-order valence-corrected chi connectivity index (χ3v) is 2.83. The van der Waals surface area contributed by atoms with E-state index in [1.807, 2.05) is 25.7 Å². The van der Waals surface area contributed by atoms with E-state index in [1.165, 1.54) is 0 Å². The van der Waals surface area contributed by atoms with Crippen molar-refractivity contribution in [3.8, 4) is 0 Å². The van der Waals surface area contributed by atoms with Crippen LogP contribution in [0.15, 0.2) is 0 Å². The maximum absolute atomic E-state index is 11.9. The number of nitrogens with two attached hydrogens (primary N) is 1. The van der Waals surface area contributed by atoms with Gasteiger partial charge in [0.15, 0.2) is 0 Å². The van der Waals surface area contributed by atoms with Crippen molar-refractivity contribution in [2.75, 3.05) is 26.2 Å². The molecule has 1 atom stereocenters. The predicted octanol–water partition coefficient (Wildman–Crippen LogP) is 0.999. The molecule has 0 aromatic heterocycles. The maximum atomic E-state index is 11.9. The number of hydrogen-bond donors (Lipinski definition) is 1. The number of piperidine rings is 1. The lowest BCUT2D eigenvalue weighted by atomic mass is 9.98. The molecule has 94 valence electrons. The van der Waals surface area contributed by atoms with E-state index in [4.69, 9.17) is 10.5 Å². The molecule has 1 saturated heterocycles. The highest BCUT2D eigenvalue weighted by molar-refractivity contribution is 5.77. The Balaban J connectivity index is 2.36. The molecular weight excluding hydrogens is 204 g/mol. The summed E-state index contributed by atoms with van der Waals surface area (Å²) < 4.78 is 5.49. The van der Waals surface area contributed by atoms with Crippen molar-refractivity contribution >= 4 is 5.91 Å². The smallest absolute Gasteiger partial charge is 0.248 e. The Hall–Kier alpha value is -0.610. The van der Waals surface area contributed by atoms with Crippen LogP contribution in [0.5, 0.6) is 0 Å². The molecule has 0 bridgehead atoms. The van der Waals surface area contributed by atoms with Gasteiger partial charge in [0.05, 0.1) is 5.60 Å². The van der Waals surface area contributed by atoms with E-state index in [1.54, 1.807) is 0 Å². The van der Waals surface area contributed by atoms with Gasteiger partial charge in [-0.25, -0.2) is 0 Å². The number of carbonyl (C=O) groups is 1. The average Bonchev–Trinajstić information content (AvgIpc) is 2.25. The summed E-state index contributed by atoms with van der Waals surface area (Å²) in [6, 6.07) is 0. The van der Waals surface area contributed by atoms with Crippen LogP contribution in [-0.4, -0.2) is 42.6 Å². The fourth-order valence-corrected chi connectivity index (χ4v) is 1.85. The van der Waals surface area contributed by atoms with E-state index >= 15 is 0 Å².